The first-order valence-corrected chi connectivity index (χ1v) is 7.04. The molecular formula is C13H20N6. The smallest absolute Gasteiger partial charge is 0.203 e. The fraction of sp³-hybridized carbons (Fsp3) is 0.615. The second-order valence-corrected chi connectivity index (χ2v) is 5.04. The highest BCUT2D eigenvalue weighted by molar-refractivity contribution is 5.26. The fourth-order valence-electron chi connectivity index (χ4n) is 2.74. The Labute approximate surface area is 112 Å². The number of rotatable bonds is 5. The summed E-state index contributed by atoms with van der Waals surface area (Å²) in [7, 11) is 0. The van der Waals surface area contributed by atoms with E-state index < -0.39 is 0 Å². The predicted molar refractivity (Wildman–Crippen MR) is 72.9 cm³/mol. The predicted octanol–water partition coefficient (Wildman–Crippen LogP) is 2.09. The number of aromatic nitrogens is 5. The summed E-state index contributed by atoms with van der Waals surface area (Å²) in [6.45, 7) is 1.62. The molecule has 0 spiro atoms. The van der Waals surface area contributed by atoms with Crippen molar-refractivity contribution in [2.24, 2.45) is 0 Å². The quantitative estimate of drug-likeness (QED) is 0.894. The molecule has 2 aromatic rings. The van der Waals surface area contributed by atoms with Gasteiger partial charge in [0.1, 0.15) is 0 Å². The third-order valence-corrected chi connectivity index (χ3v) is 3.73. The van der Waals surface area contributed by atoms with Crippen molar-refractivity contribution in [1.82, 2.24) is 24.5 Å². The van der Waals surface area contributed by atoms with Gasteiger partial charge in [0.05, 0.1) is 12.7 Å². The van der Waals surface area contributed by atoms with Crippen LogP contribution in [-0.2, 0) is 6.54 Å². The van der Waals surface area contributed by atoms with Crippen LogP contribution < -0.4 is 5.32 Å². The normalized spacial score (nSPS) is 16.6. The van der Waals surface area contributed by atoms with Crippen molar-refractivity contribution in [1.29, 1.82) is 0 Å². The van der Waals surface area contributed by atoms with Gasteiger partial charge in [-0.3, -0.25) is 4.68 Å². The van der Waals surface area contributed by atoms with Gasteiger partial charge >= 0.3 is 0 Å². The molecule has 1 aliphatic rings. The van der Waals surface area contributed by atoms with Crippen LogP contribution in [-0.4, -0.2) is 31.1 Å². The zero-order valence-electron chi connectivity index (χ0n) is 11.1. The van der Waals surface area contributed by atoms with E-state index >= 15 is 0 Å². The first kappa shape index (κ1) is 12.2. The lowest BCUT2D eigenvalue weighted by atomic mass is 9.95. The van der Waals surface area contributed by atoms with Gasteiger partial charge in [-0.05, 0) is 12.8 Å². The van der Waals surface area contributed by atoms with Gasteiger partial charge in [0.25, 0.3) is 0 Å². The van der Waals surface area contributed by atoms with E-state index in [1.807, 2.05) is 17.1 Å². The van der Waals surface area contributed by atoms with Crippen molar-refractivity contribution in [2.75, 3.05) is 11.9 Å². The van der Waals surface area contributed by atoms with Crippen molar-refractivity contribution in [3.63, 3.8) is 0 Å². The number of hydrogen-bond donors (Lipinski definition) is 1. The highest BCUT2D eigenvalue weighted by Crippen LogP contribution is 2.29. The summed E-state index contributed by atoms with van der Waals surface area (Å²) >= 11 is 0. The van der Waals surface area contributed by atoms with E-state index in [0.29, 0.717) is 6.04 Å². The van der Waals surface area contributed by atoms with Crippen LogP contribution in [0.15, 0.2) is 24.8 Å². The standard InChI is InChI=1S/C13H20N6/c1-2-4-12(5-3-1)19-11-7-15-13(19)14-6-9-18-10-8-16-17-18/h7-8,10-12H,1-6,9H2,(H,14,15). The van der Waals surface area contributed by atoms with Crippen LogP contribution >= 0.6 is 0 Å². The molecular weight excluding hydrogens is 240 g/mol. The topological polar surface area (TPSA) is 60.6 Å². The number of anilines is 1. The van der Waals surface area contributed by atoms with Gasteiger partial charge in [0, 0.05) is 31.2 Å². The average molecular weight is 260 g/mol. The lowest BCUT2D eigenvalue weighted by Gasteiger charge is -2.24. The van der Waals surface area contributed by atoms with E-state index in [2.05, 4.69) is 31.4 Å². The molecule has 0 aromatic carbocycles. The second-order valence-electron chi connectivity index (χ2n) is 5.04. The van der Waals surface area contributed by atoms with Gasteiger partial charge in [-0.2, -0.15) is 0 Å². The van der Waals surface area contributed by atoms with Gasteiger partial charge in [-0.25, -0.2) is 4.98 Å². The molecule has 102 valence electrons. The average Bonchev–Trinajstić information content (AvgIpc) is 3.11. The molecule has 0 aliphatic heterocycles. The molecule has 0 radical (unpaired) electrons. The van der Waals surface area contributed by atoms with Crippen molar-refractivity contribution in [3.8, 4) is 0 Å². The summed E-state index contributed by atoms with van der Waals surface area (Å²) in [5, 5.41) is 11.1. The minimum absolute atomic E-state index is 0.616. The summed E-state index contributed by atoms with van der Waals surface area (Å²) in [4.78, 5) is 4.42. The maximum atomic E-state index is 4.42. The summed E-state index contributed by atoms with van der Waals surface area (Å²) in [6.07, 6.45) is 14.1. The summed E-state index contributed by atoms with van der Waals surface area (Å²) in [5.74, 6) is 0.979. The van der Waals surface area contributed by atoms with Crippen molar-refractivity contribution < 1.29 is 0 Å². The van der Waals surface area contributed by atoms with Crippen LogP contribution in [0.5, 0.6) is 0 Å². The van der Waals surface area contributed by atoms with Gasteiger partial charge < -0.3 is 9.88 Å². The molecule has 0 amide bonds. The van der Waals surface area contributed by atoms with Crippen molar-refractivity contribution in [2.45, 2.75) is 44.7 Å². The first-order chi connectivity index (χ1) is 9.43. The highest BCUT2D eigenvalue weighted by Gasteiger charge is 2.17. The molecule has 0 saturated heterocycles. The van der Waals surface area contributed by atoms with E-state index in [0.717, 1.165) is 19.0 Å². The zero-order valence-corrected chi connectivity index (χ0v) is 11.1. The third kappa shape index (κ3) is 2.94. The molecule has 6 heteroatoms. The summed E-state index contributed by atoms with van der Waals surface area (Å²) < 4.78 is 4.11. The van der Waals surface area contributed by atoms with Gasteiger partial charge in [0.15, 0.2) is 0 Å². The summed E-state index contributed by atoms with van der Waals surface area (Å²) in [5.41, 5.74) is 0. The molecule has 1 aliphatic carbocycles. The van der Waals surface area contributed by atoms with Crippen LogP contribution in [0.2, 0.25) is 0 Å². The summed E-state index contributed by atoms with van der Waals surface area (Å²) in [6, 6.07) is 0.616. The maximum absolute atomic E-state index is 4.42. The Morgan fingerprint density at radius 1 is 1.16 bits per heavy atom. The molecule has 2 aromatic heterocycles. The van der Waals surface area contributed by atoms with Crippen LogP contribution in [0.3, 0.4) is 0 Å². The van der Waals surface area contributed by atoms with Gasteiger partial charge in [0.2, 0.25) is 5.95 Å². The number of hydrogen-bond acceptors (Lipinski definition) is 4. The Morgan fingerprint density at radius 3 is 2.84 bits per heavy atom. The molecule has 19 heavy (non-hydrogen) atoms. The van der Waals surface area contributed by atoms with Crippen molar-refractivity contribution >= 4 is 5.95 Å². The zero-order chi connectivity index (χ0) is 12.9. The fourth-order valence-corrected chi connectivity index (χ4v) is 2.74. The molecule has 0 atom stereocenters. The van der Waals surface area contributed by atoms with Crippen LogP contribution in [0.25, 0.3) is 0 Å². The van der Waals surface area contributed by atoms with E-state index in [1.54, 1.807) is 6.20 Å². The lowest BCUT2D eigenvalue weighted by molar-refractivity contribution is 0.355. The molecule has 1 fully saturated rings. The second kappa shape index (κ2) is 5.86. The minimum atomic E-state index is 0.616. The largest absolute Gasteiger partial charge is 0.354 e. The Bertz CT molecular complexity index is 483. The SMILES string of the molecule is c1cn(CCNc2nccn2C2CCCCC2)nn1. The molecule has 0 unspecified atom stereocenters. The van der Waals surface area contributed by atoms with E-state index in [4.69, 9.17) is 0 Å². The number of nitrogens with one attached hydrogen (secondary N) is 1. The van der Waals surface area contributed by atoms with Crippen molar-refractivity contribution in [3.05, 3.63) is 24.8 Å². The number of imidazole rings is 1. The monoisotopic (exact) mass is 260 g/mol. The number of nitrogens with zero attached hydrogens (tertiary/aromatic N) is 5. The third-order valence-electron chi connectivity index (χ3n) is 3.73. The first-order valence-electron chi connectivity index (χ1n) is 7.04. The van der Waals surface area contributed by atoms with Crippen LogP contribution in [0.4, 0.5) is 5.95 Å². The van der Waals surface area contributed by atoms with Crippen LogP contribution in [0, 0.1) is 0 Å². The molecule has 6 nitrogen and oxygen atoms in total. The Kier molecular flexibility index (Phi) is 3.76. The lowest BCUT2D eigenvalue weighted by Crippen LogP contribution is -2.18. The van der Waals surface area contributed by atoms with E-state index in [-0.39, 0.29) is 0 Å². The molecule has 2 heterocycles. The highest BCUT2D eigenvalue weighted by atomic mass is 15.4. The van der Waals surface area contributed by atoms with Gasteiger partial charge in [-0.15, -0.1) is 5.10 Å². The molecule has 3 rings (SSSR count). The molecule has 1 saturated carbocycles. The van der Waals surface area contributed by atoms with E-state index in [9.17, 15) is 0 Å². The minimum Gasteiger partial charge on any atom is -0.354 e. The maximum Gasteiger partial charge on any atom is 0.203 e. The molecule has 1 N–H and O–H groups in total. The van der Waals surface area contributed by atoms with E-state index in [1.165, 1.54) is 32.1 Å². The Hall–Kier alpha value is -1.85. The Balaban J connectivity index is 1.57. The van der Waals surface area contributed by atoms with Crippen LogP contribution in [0.1, 0.15) is 38.1 Å². The molecule has 0 bridgehead atoms. The Morgan fingerprint density at radius 2 is 2.05 bits per heavy atom. The van der Waals surface area contributed by atoms with Gasteiger partial charge in [-0.1, -0.05) is 24.5 Å².